The Hall–Kier alpha value is -1.35. The van der Waals surface area contributed by atoms with Crippen LogP contribution in [0.4, 0.5) is 0 Å². The summed E-state index contributed by atoms with van der Waals surface area (Å²) in [5, 5.41) is 0. The standard InChI is InChI=1S/C16H21NO2/c18-15-6-8-16(19-15)9-12-17(13-10-16)11-7-14-4-2-1-3-5-14/h1-5H,6-13H2. The van der Waals surface area contributed by atoms with Crippen molar-refractivity contribution in [1.82, 2.24) is 4.90 Å². The highest BCUT2D eigenvalue weighted by molar-refractivity contribution is 5.72. The van der Waals surface area contributed by atoms with Gasteiger partial charge in [-0.3, -0.25) is 4.79 Å². The number of likely N-dealkylation sites (tertiary alicyclic amines) is 1. The summed E-state index contributed by atoms with van der Waals surface area (Å²) in [6.45, 7) is 3.22. The van der Waals surface area contributed by atoms with Crippen LogP contribution in [0.1, 0.15) is 31.2 Å². The van der Waals surface area contributed by atoms with Gasteiger partial charge in [-0.05, 0) is 31.2 Å². The molecule has 1 aromatic carbocycles. The third-order valence-corrected chi connectivity index (χ3v) is 4.44. The van der Waals surface area contributed by atoms with E-state index in [1.165, 1.54) is 5.56 Å². The summed E-state index contributed by atoms with van der Waals surface area (Å²) in [5.41, 5.74) is 1.29. The van der Waals surface area contributed by atoms with Gasteiger partial charge >= 0.3 is 5.97 Å². The van der Waals surface area contributed by atoms with Gasteiger partial charge in [0, 0.05) is 26.1 Å². The molecule has 2 saturated heterocycles. The molecule has 0 N–H and O–H groups in total. The maximum atomic E-state index is 11.3. The van der Waals surface area contributed by atoms with Crippen LogP contribution >= 0.6 is 0 Å². The second kappa shape index (κ2) is 5.33. The minimum Gasteiger partial charge on any atom is -0.459 e. The number of nitrogens with zero attached hydrogens (tertiary/aromatic N) is 1. The van der Waals surface area contributed by atoms with E-state index in [9.17, 15) is 4.79 Å². The molecule has 0 saturated carbocycles. The van der Waals surface area contributed by atoms with Gasteiger partial charge in [0.15, 0.2) is 0 Å². The molecule has 3 nitrogen and oxygen atoms in total. The number of rotatable bonds is 3. The van der Waals surface area contributed by atoms with Crippen LogP contribution < -0.4 is 0 Å². The zero-order chi connectivity index (χ0) is 13.1. The summed E-state index contributed by atoms with van der Waals surface area (Å²) in [7, 11) is 0. The van der Waals surface area contributed by atoms with Gasteiger partial charge in [0.05, 0.1) is 0 Å². The van der Waals surface area contributed by atoms with Gasteiger partial charge in [0.1, 0.15) is 5.60 Å². The van der Waals surface area contributed by atoms with Gasteiger partial charge in [-0.1, -0.05) is 30.3 Å². The van der Waals surface area contributed by atoms with Gasteiger partial charge in [0.2, 0.25) is 0 Å². The molecule has 102 valence electrons. The predicted octanol–water partition coefficient (Wildman–Crippen LogP) is 2.40. The Bertz CT molecular complexity index is 435. The molecule has 0 radical (unpaired) electrons. The van der Waals surface area contributed by atoms with E-state index in [0.29, 0.717) is 6.42 Å². The molecular weight excluding hydrogens is 238 g/mol. The molecule has 3 heteroatoms. The number of carbonyl (C=O) groups excluding carboxylic acids is 1. The zero-order valence-electron chi connectivity index (χ0n) is 11.3. The SMILES string of the molecule is O=C1CCC2(CCN(CCc3ccccc3)CC2)O1. The fraction of sp³-hybridized carbons (Fsp3) is 0.562. The van der Waals surface area contributed by atoms with Crippen molar-refractivity contribution >= 4 is 5.97 Å². The van der Waals surface area contributed by atoms with Gasteiger partial charge in [0.25, 0.3) is 0 Å². The molecule has 2 aliphatic rings. The molecule has 0 aromatic heterocycles. The number of benzene rings is 1. The lowest BCUT2D eigenvalue weighted by Gasteiger charge is -2.38. The number of ether oxygens (including phenoxy) is 1. The van der Waals surface area contributed by atoms with Crippen molar-refractivity contribution in [2.24, 2.45) is 0 Å². The molecule has 0 amide bonds. The van der Waals surface area contributed by atoms with Crippen LogP contribution in [0, 0.1) is 0 Å². The van der Waals surface area contributed by atoms with Crippen LogP contribution in [0.2, 0.25) is 0 Å². The molecule has 0 aliphatic carbocycles. The first-order valence-electron chi connectivity index (χ1n) is 7.24. The molecule has 0 atom stereocenters. The average molecular weight is 259 g/mol. The highest BCUT2D eigenvalue weighted by atomic mass is 16.6. The second-order valence-corrected chi connectivity index (χ2v) is 5.73. The van der Waals surface area contributed by atoms with Gasteiger partial charge in [-0.15, -0.1) is 0 Å². The van der Waals surface area contributed by atoms with E-state index in [2.05, 4.69) is 35.2 Å². The summed E-state index contributed by atoms with van der Waals surface area (Å²) >= 11 is 0. The fourth-order valence-electron chi connectivity index (χ4n) is 3.14. The Labute approximate surface area is 114 Å². The van der Waals surface area contributed by atoms with Crippen molar-refractivity contribution in [3.63, 3.8) is 0 Å². The summed E-state index contributed by atoms with van der Waals surface area (Å²) in [4.78, 5) is 13.8. The Morgan fingerprint density at radius 1 is 1.11 bits per heavy atom. The van der Waals surface area contributed by atoms with Crippen molar-refractivity contribution in [3.8, 4) is 0 Å². The van der Waals surface area contributed by atoms with Crippen molar-refractivity contribution in [2.75, 3.05) is 19.6 Å². The van der Waals surface area contributed by atoms with E-state index in [-0.39, 0.29) is 11.6 Å². The first kappa shape index (κ1) is 12.7. The maximum absolute atomic E-state index is 11.3. The zero-order valence-corrected chi connectivity index (χ0v) is 11.3. The van der Waals surface area contributed by atoms with Gasteiger partial charge < -0.3 is 9.64 Å². The first-order valence-corrected chi connectivity index (χ1v) is 7.24. The molecular formula is C16H21NO2. The van der Waals surface area contributed by atoms with Crippen molar-refractivity contribution < 1.29 is 9.53 Å². The lowest BCUT2D eigenvalue weighted by Crippen LogP contribution is -2.44. The van der Waals surface area contributed by atoms with Crippen molar-refractivity contribution in [2.45, 2.75) is 37.7 Å². The van der Waals surface area contributed by atoms with Crippen LogP contribution in [0.3, 0.4) is 0 Å². The van der Waals surface area contributed by atoms with E-state index in [1.807, 2.05) is 0 Å². The molecule has 2 heterocycles. The molecule has 1 spiro atoms. The maximum Gasteiger partial charge on any atom is 0.306 e. The van der Waals surface area contributed by atoms with Crippen LogP contribution in [-0.2, 0) is 16.0 Å². The van der Waals surface area contributed by atoms with E-state index >= 15 is 0 Å². The molecule has 2 aliphatic heterocycles. The Balaban J connectivity index is 1.47. The van der Waals surface area contributed by atoms with Crippen molar-refractivity contribution in [1.29, 1.82) is 0 Å². The van der Waals surface area contributed by atoms with E-state index < -0.39 is 0 Å². The summed E-state index contributed by atoms with van der Waals surface area (Å²) in [6.07, 6.45) is 4.66. The lowest BCUT2D eigenvalue weighted by molar-refractivity contribution is -0.151. The second-order valence-electron chi connectivity index (χ2n) is 5.73. The topological polar surface area (TPSA) is 29.5 Å². The van der Waals surface area contributed by atoms with Gasteiger partial charge in [-0.2, -0.15) is 0 Å². The monoisotopic (exact) mass is 259 g/mol. The Morgan fingerprint density at radius 3 is 2.47 bits per heavy atom. The van der Waals surface area contributed by atoms with Crippen LogP contribution in [-0.4, -0.2) is 36.1 Å². The number of esters is 1. The minimum atomic E-state index is -0.111. The largest absolute Gasteiger partial charge is 0.459 e. The molecule has 3 rings (SSSR count). The molecule has 2 fully saturated rings. The number of hydrogen-bond donors (Lipinski definition) is 0. The normalized spacial score (nSPS) is 22.6. The highest BCUT2D eigenvalue weighted by Crippen LogP contribution is 2.36. The number of hydrogen-bond acceptors (Lipinski definition) is 3. The molecule has 0 bridgehead atoms. The number of carbonyl (C=O) groups is 1. The summed E-state index contributed by atoms with van der Waals surface area (Å²) in [5.74, 6) is -0.00210. The van der Waals surface area contributed by atoms with Crippen molar-refractivity contribution in [3.05, 3.63) is 35.9 Å². The third-order valence-electron chi connectivity index (χ3n) is 4.44. The Kier molecular flexibility index (Phi) is 3.56. The van der Waals surface area contributed by atoms with Crippen LogP contribution in [0.25, 0.3) is 0 Å². The van der Waals surface area contributed by atoms with Crippen LogP contribution in [0.15, 0.2) is 30.3 Å². The minimum absolute atomic E-state index is 0.00210. The molecule has 1 aromatic rings. The summed E-state index contributed by atoms with van der Waals surface area (Å²) < 4.78 is 5.54. The lowest BCUT2D eigenvalue weighted by atomic mass is 9.88. The average Bonchev–Trinajstić information content (AvgIpc) is 2.81. The van der Waals surface area contributed by atoms with Gasteiger partial charge in [-0.25, -0.2) is 0 Å². The van der Waals surface area contributed by atoms with E-state index in [4.69, 9.17) is 4.74 Å². The smallest absolute Gasteiger partial charge is 0.306 e. The number of piperidine rings is 1. The highest BCUT2D eigenvalue weighted by Gasteiger charge is 2.42. The molecule has 19 heavy (non-hydrogen) atoms. The van der Waals surface area contributed by atoms with E-state index in [1.54, 1.807) is 0 Å². The summed E-state index contributed by atoms with van der Waals surface area (Å²) in [6, 6.07) is 10.6. The third kappa shape index (κ3) is 2.98. The predicted molar refractivity (Wildman–Crippen MR) is 73.9 cm³/mol. The first-order chi connectivity index (χ1) is 9.26. The fourth-order valence-corrected chi connectivity index (χ4v) is 3.14. The quantitative estimate of drug-likeness (QED) is 0.781. The van der Waals surface area contributed by atoms with Crippen LogP contribution in [0.5, 0.6) is 0 Å². The Morgan fingerprint density at radius 2 is 1.84 bits per heavy atom. The van der Waals surface area contributed by atoms with E-state index in [0.717, 1.165) is 45.3 Å². The molecule has 0 unspecified atom stereocenters.